The minimum absolute atomic E-state index is 0.0669. The maximum atomic E-state index is 12.6. The number of carbonyl (C=O) groups excluding carboxylic acids is 1. The van der Waals surface area contributed by atoms with Crippen molar-refractivity contribution in [1.29, 1.82) is 0 Å². The number of benzene rings is 2. The molecule has 0 heterocycles. The Morgan fingerprint density at radius 3 is 1.74 bits per heavy atom. The van der Waals surface area contributed by atoms with E-state index in [9.17, 15) is 4.79 Å². The zero-order valence-electron chi connectivity index (χ0n) is 11.2. The Morgan fingerprint density at radius 2 is 1.26 bits per heavy atom. The summed E-state index contributed by atoms with van der Waals surface area (Å²) in [7, 11) is 0. The van der Waals surface area contributed by atoms with Gasteiger partial charge in [0.2, 0.25) is 0 Å². The van der Waals surface area contributed by atoms with Crippen LogP contribution >= 0.6 is 0 Å². The van der Waals surface area contributed by atoms with Gasteiger partial charge >= 0.3 is 0 Å². The van der Waals surface area contributed by atoms with E-state index >= 15 is 0 Å². The van der Waals surface area contributed by atoms with Crippen molar-refractivity contribution in [3.63, 3.8) is 0 Å². The fourth-order valence-corrected chi connectivity index (χ4v) is 2.03. The second-order valence-corrected chi connectivity index (χ2v) is 5.20. The van der Waals surface area contributed by atoms with Crippen molar-refractivity contribution in [2.45, 2.75) is 19.3 Å². The van der Waals surface area contributed by atoms with E-state index in [-0.39, 0.29) is 5.78 Å². The van der Waals surface area contributed by atoms with Crippen molar-refractivity contribution in [2.75, 3.05) is 11.5 Å². The van der Waals surface area contributed by atoms with E-state index in [0.717, 1.165) is 5.56 Å². The second kappa shape index (κ2) is 4.76. The highest BCUT2D eigenvalue weighted by atomic mass is 16.1. The predicted octanol–water partition coefficient (Wildman–Crippen LogP) is 3.01. The largest absolute Gasteiger partial charge is 0.399 e. The van der Waals surface area contributed by atoms with Crippen LogP contribution in [0.5, 0.6) is 0 Å². The Balaban J connectivity index is 2.35. The Kier molecular flexibility index (Phi) is 3.30. The number of anilines is 2. The molecule has 0 radical (unpaired) electrons. The molecule has 0 bridgehead atoms. The normalized spacial score (nSPS) is 11.3. The third-order valence-electron chi connectivity index (χ3n) is 3.37. The summed E-state index contributed by atoms with van der Waals surface area (Å²) in [5, 5.41) is 0. The van der Waals surface area contributed by atoms with Gasteiger partial charge < -0.3 is 11.5 Å². The average molecular weight is 254 g/mol. The third-order valence-corrected chi connectivity index (χ3v) is 3.37. The van der Waals surface area contributed by atoms with Crippen molar-refractivity contribution >= 4 is 17.2 Å². The Morgan fingerprint density at radius 1 is 0.842 bits per heavy atom. The molecule has 98 valence electrons. The highest BCUT2D eigenvalue weighted by molar-refractivity contribution is 6.03. The molecule has 0 fully saturated rings. The first kappa shape index (κ1) is 13.1. The zero-order chi connectivity index (χ0) is 14.0. The van der Waals surface area contributed by atoms with Crippen LogP contribution in [-0.2, 0) is 5.41 Å². The van der Waals surface area contributed by atoms with Gasteiger partial charge in [-0.1, -0.05) is 12.1 Å². The lowest BCUT2D eigenvalue weighted by atomic mass is 9.78. The van der Waals surface area contributed by atoms with E-state index in [0.29, 0.717) is 16.9 Å². The number of ketones is 1. The van der Waals surface area contributed by atoms with Crippen LogP contribution in [0.2, 0.25) is 0 Å². The number of hydrogen-bond donors (Lipinski definition) is 2. The van der Waals surface area contributed by atoms with Crippen LogP contribution in [0.4, 0.5) is 11.4 Å². The second-order valence-electron chi connectivity index (χ2n) is 5.20. The monoisotopic (exact) mass is 254 g/mol. The number of hydrogen-bond acceptors (Lipinski definition) is 3. The lowest BCUT2D eigenvalue weighted by Crippen LogP contribution is -2.29. The van der Waals surface area contributed by atoms with E-state index in [2.05, 4.69) is 0 Å². The average Bonchev–Trinajstić information content (AvgIpc) is 2.39. The van der Waals surface area contributed by atoms with Gasteiger partial charge in [0.1, 0.15) is 0 Å². The molecule has 0 spiro atoms. The number of carbonyl (C=O) groups is 1. The van der Waals surface area contributed by atoms with E-state index in [1.165, 1.54) is 0 Å². The fourth-order valence-electron chi connectivity index (χ4n) is 2.03. The first-order valence-corrected chi connectivity index (χ1v) is 6.17. The molecule has 0 saturated carbocycles. The number of rotatable bonds is 3. The van der Waals surface area contributed by atoms with Crippen LogP contribution in [0.15, 0.2) is 48.5 Å². The molecular weight excluding hydrogens is 236 g/mol. The van der Waals surface area contributed by atoms with Gasteiger partial charge in [-0.15, -0.1) is 0 Å². The summed E-state index contributed by atoms with van der Waals surface area (Å²) in [6.07, 6.45) is 0. The SMILES string of the molecule is CC(C)(C(=O)c1ccc(N)cc1)c1ccc(N)cc1. The Labute approximate surface area is 113 Å². The van der Waals surface area contributed by atoms with E-state index < -0.39 is 5.41 Å². The van der Waals surface area contributed by atoms with Crippen LogP contribution in [0.25, 0.3) is 0 Å². The highest BCUT2D eigenvalue weighted by Gasteiger charge is 2.30. The van der Waals surface area contributed by atoms with Gasteiger partial charge in [0.15, 0.2) is 5.78 Å². The van der Waals surface area contributed by atoms with Gasteiger partial charge in [-0.05, 0) is 55.8 Å². The first-order chi connectivity index (χ1) is 8.91. The molecular formula is C16H18N2O. The van der Waals surface area contributed by atoms with Crippen molar-refractivity contribution in [3.8, 4) is 0 Å². The van der Waals surface area contributed by atoms with Gasteiger partial charge in [0.25, 0.3) is 0 Å². The molecule has 4 N–H and O–H groups in total. The van der Waals surface area contributed by atoms with Crippen molar-refractivity contribution in [2.24, 2.45) is 0 Å². The summed E-state index contributed by atoms with van der Waals surface area (Å²) in [6.45, 7) is 3.83. The van der Waals surface area contributed by atoms with Gasteiger partial charge in [-0.3, -0.25) is 4.79 Å². The molecule has 0 saturated heterocycles. The first-order valence-electron chi connectivity index (χ1n) is 6.17. The van der Waals surface area contributed by atoms with E-state index in [1.807, 2.05) is 38.1 Å². The smallest absolute Gasteiger partial charge is 0.172 e. The van der Waals surface area contributed by atoms with Crippen LogP contribution in [0.3, 0.4) is 0 Å². The molecule has 0 aromatic heterocycles. The lowest BCUT2D eigenvalue weighted by molar-refractivity contribution is 0.0909. The topological polar surface area (TPSA) is 69.1 Å². The molecule has 0 aliphatic rings. The molecule has 2 aromatic rings. The molecule has 2 aromatic carbocycles. The summed E-state index contributed by atoms with van der Waals surface area (Å²) in [4.78, 5) is 12.6. The summed E-state index contributed by atoms with van der Waals surface area (Å²) in [5.74, 6) is 0.0669. The molecule has 0 atom stereocenters. The minimum atomic E-state index is -0.593. The van der Waals surface area contributed by atoms with Crippen LogP contribution in [0.1, 0.15) is 29.8 Å². The summed E-state index contributed by atoms with van der Waals surface area (Å²) in [6, 6.07) is 14.4. The fraction of sp³-hybridized carbons (Fsp3) is 0.188. The molecule has 3 nitrogen and oxygen atoms in total. The Hall–Kier alpha value is -2.29. The maximum Gasteiger partial charge on any atom is 0.172 e. The van der Waals surface area contributed by atoms with Gasteiger partial charge in [-0.25, -0.2) is 0 Å². The zero-order valence-corrected chi connectivity index (χ0v) is 11.2. The number of nitrogen functional groups attached to an aromatic ring is 2. The van der Waals surface area contributed by atoms with Crippen molar-refractivity contribution in [3.05, 3.63) is 59.7 Å². The van der Waals surface area contributed by atoms with E-state index in [4.69, 9.17) is 11.5 Å². The molecule has 0 amide bonds. The Bertz CT molecular complexity index is 583. The van der Waals surface area contributed by atoms with Crippen molar-refractivity contribution in [1.82, 2.24) is 0 Å². The maximum absolute atomic E-state index is 12.6. The molecule has 0 aliphatic carbocycles. The highest BCUT2D eigenvalue weighted by Crippen LogP contribution is 2.28. The number of Topliss-reactive ketones (excluding diaryl/α,β-unsaturated/α-hetero) is 1. The molecule has 2 rings (SSSR count). The third kappa shape index (κ3) is 2.60. The van der Waals surface area contributed by atoms with Crippen LogP contribution in [0, 0.1) is 0 Å². The van der Waals surface area contributed by atoms with E-state index in [1.54, 1.807) is 24.3 Å². The van der Waals surface area contributed by atoms with Crippen molar-refractivity contribution < 1.29 is 4.79 Å². The molecule has 3 heteroatoms. The molecule has 0 aliphatic heterocycles. The lowest BCUT2D eigenvalue weighted by Gasteiger charge is -2.24. The summed E-state index contributed by atoms with van der Waals surface area (Å²) < 4.78 is 0. The van der Waals surface area contributed by atoms with Gasteiger partial charge in [0.05, 0.1) is 5.41 Å². The summed E-state index contributed by atoms with van der Waals surface area (Å²) >= 11 is 0. The summed E-state index contributed by atoms with van der Waals surface area (Å²) in [5.41, 5.74) is 13.7. The predicted molar refractivity (Wildman–Crippen MR) is 79.1 cm³/mol. The van der Waals surface area contributed by atoms with Crippen LogP contribution in [-0.4, -0.2) is 5.78 Å². The quantitative estimate of drug-likeness (QED) is 0.653. The molecule has 0 unspecified atom stereocenters. The number of nitrogens with two attached hydrogens (primary N) is 2. The van der Waals surface area contributed by atoms with Gasteiger partial charge in [-0.2, -0.15) is 0 Å². The standard InChI is InChI=1S/C16H18N2O/c1-16(2,12-5-9-14(18)10-6-12)15(19)11-3-7-13(17)8-4-11/h3-10H,17-18H2,1-2H3. The van der Waals surface area contributed by atoms with Crippen LogP contribution < -0.4 is 11.5 Å². The molecule has 19 heavy (non-hydrogen) atoms. The van der Waals surface area contributed by atoms with Gasteiger partial charge in [0, 0.05) is 16.9 Å². The minimum Gasteiger partial charge on any atom is -0.399 e.